The van der Waals surface area contributed by atoms with Gasteiger partial charge in [0, 0.05) is 0 Å². The molecule has 0 aliphatic rings. The Kier molecular flexibility index (Phi) is 15.9. The molecule has 0 fully saturated rings. The van der Waals surface area contributed by atoms with Crippen molar-refractivity contribution in [3.63, 3.8) is 0 Å². The average Bonchev–Trinajstić information content (AvgIpc) is 3.04. The van der Waals surface area contributed by atoms with Crippen LogP contribution in [0.15, 0.2) is 83.0 Å². The van der Waals surface area contributed by atoms with E-state index in [1.807, 2.05) is 19.1 Å². The molecule has 0 amide bonds. The van der Waals surface area contributed by atoms with E-state index in [1.165, 1.54) is 69.8 Å². The summed E-state index contributed by atoms with van der Waals surface area (Å²) in [7, 11) is 0. The second-order valence-corrected chi connectivity index (χ2v) is 11.6. The smallest absolute Gasteiger partial charge is 0.343 e. The summed E-state index contributed by atoms with van der Waals surface area (Å²) in [5.41, 5.74) is 3.59. The number of hydrogen-bond acceptors (Lipinski definition) is 6. The zero-order chi connectivity index (χ0) is 31.4. The van der Waals surface area contributed by atoms with E-state index < -0.39 is 5.97 Å². The quantitative estimate of drug-likeness (QED) is 0.0561. The lowest BCUT2D eigenvalue weighted by Gasteiger charge is -2.13. The molecule has 0 unspecified atom stereocenters. The molecule has 0 heterocycles. The van der Waals surface area contributed by atoms with Gasteiger partial charge in [0.1, 0.15) is 5.75 Å². The lowest BCUT2D eigenvalue weighted by Crippen LogP contribution is -2.15. The van der Waals surface area contributed by atoms with Crippen molar-refractivity contribution in [3.8, 4) is 5.75 Å². The van der Waals surface area contributed by atoms with Crippen LogP contribution < -0.4 is 4.74 Å². The summed E-state index contributed by atoms with van der Waals surface area (Å²) in [6, 6.07) is 21.5. The molecule has 0 radical (unpaired) electrons. The molecule has 3 aromatic carbocycles. The van der Waals surface area contributed by atoms with Crippen molar-refractivity contribution < 1.29 is 19.1 Å². The Hall–Kier alpha value is -3.80. The predicted molar refractivity (Wildman–Crippen MR) is 178 cm³/mol. The standard InChI is InChI=1S/C38H50N2O4/c1-4-6-8-10-11-12-13-15-17-31-18-24-34(25-19-31)39-40-35-26-20-32(21-27-35)38(42)44-36-28-22-33(23-29-36)37(41)43-30(3)16-14-9-7-5-2/h18-30H,4-17H2,1-3H3/t30-/m0/s1. The normalized spacial score (nSPS) is 11.9. The van der Waals surface area contributed by atoms with Crippen LogP contribution in [0, 0.1) is 0 Å². The Morgan fingerprint density at radius 3 is 1.66 bits per heavy atom. The fraction of sp³-hybridized carbons (Fsp3) is 0.474. The highest BCUT2D eigenvalue weighted by Gasteiger charge is 2.13. The van der Waals surface area contributed by atoms with Crippen molar-refractivity contribution in [2.24, 2.45) is 10.2 Å². The number of ether oxygens (including phenoxy) is 2. The summed E-state index contributed by atoms with van der Waals surface area (Å²) in [4.78, 5) is 25.1. The van der Waals surface area contributed by atoms with Gasteiger partial charge in [0.25, 0.3) is 0 Å². The predicted octanol–water partition coefficient (Wildman–Crippen LogP) is 11.5. The van der Waals surface area contributed by atoms with Crippen molar-refractivity contribution >= 4 is 23.3 Å². The first-order valence-corrected chi connectivity index (χ1v) is 16.6. The molecule has 0 spiro atoms. The maximum Gasteiger partial charge on any atom is 0.343 e. The van der Waals surface area contributed by atoms with Crippen LogP contribution in [0.2, 0.25) is 0 Å². The number of carbonyl (C=O) groups excluding carboxylic acids is 2. The van der Waals surface area contributed by atoms with E-state index >= 15 is 0 Å². The summed E-state index contributed by atoms with van der Waals surface area (Å²) in [5.74, 6) is -0.504. The molecular weight excluding hydrogens is 548 g/mol. The minimum atomic E-state index is -0.489. The van der Waals surface area contributed by atoms with Crippen molar-refractivity contribution in [1.29, 1.82) is 0 Å². The van der Waals surface area contributed by atoms with Crippen molar-refractivity contribution in [2.75, 3.05) is 0 Å². The largest absolute Gasteiger partial charge is 0.459 e. The monoisotopic (exact) mass is 598 g/mol. The number of nitrogens with zero attached hydrogens (tertiary/aromatic N) is 2. The molecule has 6 heteroatoms. The molecule has 0 aliphatic carbocycles. The summed E-state index contributed by atoms with van der Waals surface area (Å²) < 4.78 is 11.0. The zero-order valence-electron chi connectivity index (χ0n) is 26.9. The second kappa shape index (κ2) is 20.2. The van der Waals surface area contributed by atoms with E-state index in [4.69, 9.17) is 9.47 Å². The van der Waals surface area contributed by atoms with Crippen LogP contribution in [0.25, 0.3) is 0 Å². The van der Waals surface area contributed by atoms with Gasteiger partial charge in [-0.3, -0.25) is 0 Å². The number of hydrogen-bond donors (Lipinski definition) is 0. The molecule has 3 rings (SSSR count). The molecule has 0 N–H and O–H groups in total. The number of aryl methyl sites for hydroxylation is 1. The average molecular weight is 599 g/mol. The summed E-state index contributed by atoms with van der Waals surface area (Å²) in [6.07, 6.45) is 17.0. The number of rotatable bonds is 20. The van der Waals surface area contributed by atoms with Crippen molar-refractivity contribution in [2.45, 2.75) is 117 Å². The van der Waals surface area contributed by atoms with E-state index in [0.29, 0.717) is 22.6 Å². The Bertz CT molecular complexity index is 1270. The maximum absolute atomic E-state index is 12.6. The van der Waals surface area contributed by atoms with Crippen LogP contribution in [0.4, 0.5) is 11.4 Å². The van der Waals surface area contributed by atoms with E-state index in [2.05, 4.69) is 36.2 Å². The first-order chi connectivity index (χ1) is 21.5. The van der Waals surface area contributed by atoms with Gasteiger partial charge in [0.15, 0.2) is 0 Å². The number of azo groups is 1. The lowest BCUT2D eigenvalue weighted by molar-refractivity contribution is 0.0319. The summed E-state index contributed by atoms with van der Waals surface area (Å²) >= 11 is 0. The van der Waals surface area contributed by atoms with Gasteiger partial charge in [-0.15, -0.1) is 0 Å². The summed E-state index contributed by atoms with van der Waals surface area (Å²) in [5, 5.41) is 8.65. The molecule has 0 saturated heterocycles. The molecule has 0 saturated carbocycles. The van der Waals surface area contributed by atoms with Gasteiger partial charge in [-0.1, -0.05) is 90.2 Å². The highest BCUT2D eigenvalue weighted by Crippen LogP contribution is 2.22. The number of unbranched alkanes of at least 4 members (excludes halogenated alkanes) is 10. The van der Waals surface area contributed by atoms with Crippen LogP contribution in [0.1, 0.15) is 131 Å². The SMILES string of the molecule is CCCCCCCCCCc1ccc(N=Nc2ccc(C(=O)Oc3ccc(C(=O)O[C@@H](C)CCCCCC)cc3)cc2)cc1. The molecule has 0 aromatic heterocycles. The van der Waals surface area contributed by atoms with Gasteiger partial charge in [-0.25, -0.2) is 9.59 Å². The Balaban J connectivity index is 1.40. The van der Waals surface area contributed by atoms with Crippen LogP contribution >= 0.6 is 0 Å². The van der Waals surface area contributed by atoms with Crippen molar-refractivity contribution in [3.05, 3.63) is 89.5 Å². The molecule has 1 atom stereocenters. The van der Waals surface area contributed by atoms with E-state index in [0.717, 1.165) is 31.4 Å². The van der Waals surface area contributed by atoms with Gasteiger partial charge in [0.2, 0.25) is 0 Å². The third-order valence-electron chi connectivity index (χ3n) is 7.71. The third-order valence-corrected chi connectivity index (χ3v) is 7.71. The topological polar surface area (TPSA) is 77.3 Å². The molecule has 3 aromatic rings. The second-order valence-electron chi connectivity index (χ2n) is 11.6. The van der Waals surface area contributed by atoms with Gasteiger partial charge in [-0.2, -0.15) is 10.2 Å². The number of benzene rings is 3. The van der Waals surface area contributed by atoms with Crippen LogP contribution in [0.3, 0.4) is 0 Å². The minimum Gasteiger partial charge on any atom is -0.459 e. The molecule has 0 aliphatic heterocycles. The third kappa shape index (κ3) is 13.2. The molecule has 236 valence electrons. The van der Waals surface area contributed by atoms with Crippen LogP contribution in [0.5, 0.6) is 5.75 Å². The van der Waals surface area contributed by atoms with E-state index in [9.17, 15) is 9.59 Å². The van der Waals surface area contributed by atoms with E-state index in [-0.39, 0.29) is 12.1 Å². The highest BCUT2D eigenvalue weighted by molar-refractivity contribution is 5.92. The van der Waals surface area contributed by atoms with Crippen LogP contribution in [-0.2, 0) is 11.2 Å². The molecule has 6 nitrogen and oxygen atoms in total. The van der Waals surface area contributed by atoms with Gasteiger partial charge in [0.05, 0.1) is 28.6 Å². The first-order valence-electron chi connectivity index (χ1n) is 16.6. The Labute approximate surface area is 264 Å². The highest BCUT2D eigenvalue weighted by atomic mass is 16.5. The number of esters is 2. The maximum atomic E-state index is 12.6. The van der Waals surface area contributed by atoms with Gasteiger partial charge >= 0.3 is 11.9 Å². The zero-order valence-corrected chi connectivity index (χ0v) is 26.9. The van der Waals surface area contributed by atoms with E-state index in [1.54, 1.807) is 48.5 Å². The first kappa shape index (κ1) is 34.7. The van der Waals surface area contributed by atoms with Crippen molar-refractivity contribution in [1.82, 2.24) is 0 Å². The van der Waals surface area contributed by atoms with Crippen LogP contribution in [-0.4, -0.2) is 18.0 Å². The fourth-order valence-electron chi connectivity index (χ4n) is 4.97. The Morgan fingerprint density at radius 1 is 0.591 bits per heavy atom. The molecule has 44 heavy (non-hydrogen) atoms. The van der Waals surface area contributed by atoms with Gasteiger partial charge in [-0.05, 0) is 98.8 Å². The number of carbonyl (C=O) groups is 2. The fourth-order valence-corrected chi connectivity index (χ4v) is 4.97. The minimum absolute atomic E-state index is 0.130. The summed E-state index contributed by atoms with van der Waals surface area (Å²) in [6.45, 7) is 6.35. The van der Waals surface area contributed by atoms with Gasteiger partial charge < -0.3 is 9.47 Å². The molecular formula is C38H50N2O4. The Morgan fingerprint density at radius 2 is 1.07 bits per heavy atom. The lowest BCUT2D eigenvalue weighted by atomic mass is 10.0. The molecule has 0 bridgehead atoms.